The zero-order valence-electron chi connectivity index (χ0n) is 18.6. The standard InChI is InChI=1S/C27H27ClF3NO2/c28-25-12-11-22(19-24(25)27(29,30)31)26(33)14-17-32(34,18-15-26)16-13-23(20-7-3-1-4-8-20)21-9-5-2-6-10-21/h1-12,19,23,33H,13-18H2. The van der Waals surface area contributed by atoms with E-state index in [1.165, 1.54) is 6.07 Å². The van der Waals surface area contributed by atoms with Crippen molar-refractivity contribution in [2.24, 2.45) is 0 Å². The molecule has 0 bridgehead atoms. The number of halogens is 4. The van der Waals surface area contributed by atoms with Gasteiger partial charge in [-0.2, -0.15) is 13.2 Å². The van der Waals surface area contributed by atoms with Crippen molar-refractivity contribution >= 4 is 11.6 Å². The first-order valence-corrected chi connectivity index (χ1v) is 11.7. The zero-order chi connectivity index (χ0) is 24.4. The molecular weight excluding hydrogens is 463 g/mol. The number of nitrogens with zero attached hydrogens (tertiary/aromatic N) is 1. The van der Waals surface area contributed by atoms with Crippen LogP contribution in [0.2, 0.25) is 5.02 Å². The summed E-state index contributed by atoms with van der Waals surface area (Å²) in [6, 6.07) is 23.6. The molecule has 180 valence electrons. The third kappa shape index (κ3) is 5.47. The normalized spacial score (nSPS) is 23.3. The summed E-state index contributed by atoms with van der Waals surface area (Å²) in [6.07, 6.45) is -3.79. The molecule has 1 N–H and O–H groups in total. The Kier molecular flexibility index (Phi) is 7.06. The number of quaternary nitrogens is 1. The van der Waals surface area contributed by atoms with E-state index in [1.54, 1.807) is 0 Å². The largest absolute Gasteiger partial charge is 0.633 e. The summed E-state index contributed by atoms with van der Waals surface area (Å²) in [6.45, 7) is 0.631. The van der Waals surface area contributed by atoms with E-state index in [-0.39, 0.29) is 37.4 Å². The molecule has 3 nitrogen and oxygen atoms in total. The van der Waals surface area contributed by atoms with Gasteiger partial charge in [0.05, 0.1) is 30.2 Å². The predicted molar refractivity (Wildman–Crippen MR) is 127 cm³/mol. The van der Waals surface area contributed by atoms with Crippen LogP contribution in [0.5, 0.6) is 0 Å². The lowest BCUT2D eigenvalue weighted by molar-refractivity contribution is -0.888. The molecule has 3 aromatic rings. The Hall–Kier alpha value is -2.38. The van der Waals surface area contributed by atoms with Gasteiger partial charge in [-0.05, 0) is 28.8 Å². The smallest absolute Gasteiger partial charge is 0.417 e. The number of aliphatic hydroxyl groups is 1. The Balaban J connectivity index is 1.47. The third-order valence-corrected chi connectivity index (χ3v) is 7.23. The van der Waals surface area contributed by atoms with Gasteiger partial charge >= 0.3 is 6.18 Å². The minimum Gasteiger partial charge on any atom is -0.633 e. The monoisotopic (exact) mass is 489 g/mol. The average molecular weight is 490 g/mol. The maximum absolute atomic E-state index is 13.5. The van der Waals surface area contributed by atoms with Crippen LogP contribution in [0.4, 0.5) is 13.2 Å². The van der Waals surface area contributed by atoms with E-state index in [0.29, 0.717) is 13.0 Å². The van der Waals surface area contributed by atoms with Crippen LogP contribution in [0.15, 0.2) is 78.9 Å². The highest BCUT2D eigenvalue weighted by Crippen LogP contribution is 2.41. The summed E-state index contributed by atoms with van der Waals surface area (Å²) >= 11 is 5.73. The highest BCUT2D eigenvalue weighted by molar-refractivity contribution is 6.31. The molecule has 7 heteroatoms. The maximum atomic E-state index is 13.5. The molecule has 1 saturated heterocycles. The van der Waals surface area contributed by atoms with E-state index in [1.807, 2.05) is 36.4 Å². The van der Waals surface area contributed by atoms with Crippen molar-refractivity contribution in [2.45, 2.75) is 37.0 Å². The molecule has 0 atom stereocenters. The second kappa shape index (κ2) is 9.70. The van der Waals surface area contributed by atoms with Crippen LogP contribution in [0, 0.1) is 5.21 Å². The Morgan fingerprint density at radius 2 is 1.44 bits per heavy atom. The Morgan fingerprint density at radius 3 is 1.94 bits per heavy atom. The highest BCUT2D eigenvalue weighted by atomic mass is 35.5. The summed E-state index contributed by atoms with van der Waals surface area (Å²) in [5.74, 6) is 0.0674. The first kappa shape index (κ1) is 24.7. The number of piperidine rings is 1. The van der Waals surface area contributed by atoms with Gasteiger partial charge in [-0.15, -0.1) is 0 Å². The number of hydrogen-bond acceptors (Lipinski definition) is 2. The van der Waals surface area contributed by atoms with E-state index >= 15 is 0 Å². The van der Waals surface area contributed by atoms with Gasteiger partial charge in [-0.1, -0.05) is 78.3 Å². The minimum atomic E-state index is -4.61. The van der Waals surface area contributed by atoms with Crippen LogP contribution < -0.4 is 0 Å². The van der Waals surface area contributed by atoms with Crippen LogP contribution in [0.25, 0.3) is 0 Å². The number of alkyl halides is 3. The topological polar surface area (TPSA) is 43.3 Å². The number of hydroxylamine groups is 3. The molecule has 0 aliphatic carbocycles. The fraction of sp³-hybridized carbons (Fsp3) is 0.333. The first-order valence-electron chi connectivity index (χ1n) is 11.4. The van der Waals surface area contributed by atoms with Crippen LogP contribution >= 0.6 is 11.6 Å². The molecule has 1 aliphatic rings. The number of benzene rings is 3. The van der Waals surface area contributed by atoms with E-state index in [9.17, 15) is 23.5 Å². The molecule has 0 spiro atoms. The Labute approximate surface area is 202 Å². The fourth-order valence-corrected chi connectivity index (χ4v) is 5.04. The molecule has 34 heavy (non-hydrogen) atoms. The molecular formula is C27H27ClF3NO2. The molecule has 0 saturated carbocycles. The van der Waals surface area contributed by atoms with Crippen molar-refractivity contribution in [3.05, 3.63) is 111 Å². The van der Waals surface area contributed by atoms with Crippen molar-refractivity contribution in [1.29, 1.82) is 0 Å². The van der Waals surface area contributed by atoms with Crippen molar-refractivity contribution in [1.82, 2.24) is 0 Å². The van der Waals surface area contributed by atoms with E-state index < -0.39 is 27.0 Å². The lowest BCUT2D eigenvalue weighted by Crippen LogP contribution is -2.53. The van der Waals surface area contributed by atoms with Gasteiger partial charge in [-0.25, -0.2) is 0 Å². The number of likely N-dealkylation sites (tertiary alicyclic amines) is 1. The van der Waals surface area contributed by atoms with Crippen molar-refractivity contribution in [3.8, 4) is 0 Å². The molecule has 0 radical (unpaired) electrons. The summed E-state index contributed by atoms with van der Waals surface area (Å²) in [4.78, 5) is 0. The highest BCUT2D eigenvalue weighted by Gasteiger charge is 2.41. The quantitative estimate of drug-likeness (QED) is 0.303. The number of rotatable bonds is 6. The molecule has 0 unspecified atom stereocenters. The average Bonchev–Trinajstić information content (AvgIpc) is 2.82. The van der Waals surface area contributed by atoms with Crippen LogP contribution in [-0.4, -0.2) is 29.4 Å². The Morgan fingerprint density at radius 1 is 0.912 bits per heavy atom. The van der Waals surface area contributed by atoms with Gasteiger partial charge in [0.1, 0.15) is 5.60 Å². The van der Waals surface area contributed by atoms with Gasteiger partial charge in [0.2, 0.25) is 0 Å². The molecule has 1 heterocycles. The van der Waals surface area contributed by atoms with E-state index in [4.69, 9.17) is 11.6 Å². The second-order valence-electron chi connectivity index (χ2n) is 9.12. The van der Waals surface area contributed by atoms with Gasteiger partial charge in [0, 0.05) is 25.2 Å². The summed E-state index contributed by atoms with van der Waals surface area (Å²) in [5, 5.41) is 24.2. The maximum Gasteiger partial charge on any atom is 0.417 e. The van der Waals surface area contributed by atoms with Crippen LogP contribution in [0.1, 0.15) is 47.4 Å². The van der Waals surface area contributed by atoms with Gasteiger partial charge in [0.25, 0.3) is 0 Å². The lowest BCUT2D eigenvalue weighted by Gasteiger charge is -2.50. The summed E-state index contributed by atoms with van der Waals surface area (Å²) in [7, 11) is 0. The Bertz CT molecular complexity index is 1060. The predicted octanol–water partition coefficient (Wildman–Crippen LogP) is 6.88. The molecule has 1 fully saturated rings. The summed E-state index contributed by atoms with van der Waals surface area (Å²) < 4.78 is 39.4. The van der Waals surface area contributed by atoms with Crippen molar-refractivity contribution in [2.75, 3.05) is 19.6 Å². The van der Waals surface area contributed by atoms with Gasteiger partial charge < -0.3 is 15.0 Å². The zero-order valence-corrected chi connectivity index (χ0v) is 19.4. The van der Waals surface area contributed by atoms with E-state index in [0.717, 1.165) is 23.3 Å². The molecule has 4 rings (SSSR count). The van der Waals surface area contributed by atoms with Gasteiger partial charge in [0.15, 0.2) is 0 Å². The van der Waals surface area contributed by atoms with Crippen LogP contribution in [-0.2, 0) is 11.8 Å². The van der Waals surface area contributed by atoms with Crippen molar-refractivity contribution < 1.29 is 22.9 Å². The fourth-order valence-electron chi connectivity index (χ4n) is 4.82. The second-order valence-corrected chi connectivity index (χ2v) is 9.52. The van der Waals surface area contributed by atoms with Crippen LogP contribution in [0.3, 0.4) is 0 Å². The number of hydrogen-bond donors (Lipinski definition) is 1. The molecule has 1 aliphatic heterocycles. The molecule has 3 aromatic carbocycles. The van der Waals surface area contributed by atoms with Gasteiger partial charge in [-0.3, -0.25) is 0 Å². The third-order valence-electron chi connectivity index (χ3n) is 6.90. The van der Waals surface area contributed by atoms with Crippen molar-refractivity contribution in [3.63, 3.8) is 0 Å². The molecule has 0 aromatic heterocycles. The molecule has 0 amide bonds. The van der Waals surface area contributed by atoms with E-state index in [2.05, 4.69) is 24.3 Å². The minimum absolute atomic E-state index is 0.0674. The summed E-state index contributed by atoms with van der Waals surface area (Å²) in [5.41, 5.74) is -0.0250. The SMILES string of the molecule is [O-][N+]1(CCC(c2ccccc2)c2ccccc2)CCC(O)(c2ccc(Cl)c(C(F)(F)F)c2)CC1. The lowest BCUT2D eigenvalue weighted by atomic mass is 9.83. The first-order chi connectivity index (χ1) is 16.1.